The van der Waals surface area contributed by atoms with Gasteiger partial charge >= 0.3 is 6.09 Å². The van der Waals surface area contributed by atoms with Gasteiger partial charge in [0.05, 0.1) is 13.1 Å². The first-order valence-corrected chi connectivity index (χ1v) is 11.1. The van der Waals surface area contributed by atoms with Crippen molar-refractivity contribution in [2.24, 2.45) is 5.41 Å². The minimum absolute atomic E-state index is 0.106. The van der Waals surface area contributed by atoms with Crippen LogP contribution in [-0.4, -0.2) is 11.0 Å². The Balaban J connectivity index is 2.06. The second-order valence-corrected chi connectivity index (χ2v) is 9.43. The van der Waals surface area contributed by atoms with Crippen molar-refractivity contribution in [2.75, 3.05) is 0 Å². The van der Waals surface area contributed by atoms with E-state index in [1.54, 1.807) is 27.6 Å². The topological polar surface area (TPSA) is 29.5 Å². The lowest BCUT2D eigenvalue weighted by Gasteiger charge is -2.28. The largest absolute Gasteiger partial charge is 0.438 e. The van der Waals surface area contributed by atoms with Crippen molar-refractivity contribution in [3.63, 3.8) is 0 Å². The Labute approximate surface area is 166 Å². The molecule has 0 fully saturated rings. The van der Waals surface area contributed by atoms with Crippen molar-refractivity contribution in [3.05, 3.63) is 50.9 Å². The summed E-state index contributed by atoms with van der Waals surface area (Å²) in [5.74, 6) is 0. The Kier molecular flexibility index (Phi) is 8.16. The molecule has 2 heterocycles. The molecule has 0 spiro atoms. The molecule has 143 valence electrons. The Morgan fingerprint density at radius 2 is 1.65 bits per heavy atom. The zero-order chi connectivity index (χ0) is 19.0. The monoisotopic (exact) mass is 392 g/mol. The van der Waals surface area contributed by atoms with E-state index in [0.29, 0.717) is 13.1 Å². The lowest BCUT2D eigenvalue weighted by molar-refractivity contribution is 0.0850. The number of ether oxygens (including phenoxy) is 1. The number of hydrogen-bond donors (Lipinski definition) is 0. The lowest BCUT2D eigenvalue weighted by Crippen LogP contribution is -2.32. The zero-order valence-corrected chi connectivity index (χ0v) is 17.9. The van der Waals surface area contributed by atoms with Gasteiger partial charge in [-0.15, -0.1) is 0 Å². The summed E-state index contributed by atoms with van der Waals surface area (Å²) in [6.07, 6.45) is 4.47. The van der Waals surface area contributed by atoms with E-state index in [1.807, 2.05) is 10.8 Å². The van der Waals surface area contributed by atoms with E-state index < -0.39 is 0 Å². The van der Waals surface area contributed by atoms with E-state index in [-0.39, 0.29) is 11.5 Å². The standard InChI is InChI=1S/C21H30NO2S2/c1-5-6-7-19(12-21(2,3)4)24-20(23)22(13-17-8-10-25-15-17)14-18-9-11-26-16-18/h8-11,15-16H,5-7,12-14H2,1-4H3. The fourth-order valence-corrected chi connectivity index (χ4v) is 4.04. The average Bonchev–Trinajstić information content (AvgIpc) is 3.24. The van der Waals surface area contributed by atoms with Gasteiger partial charge in [-0.2, -0.15) is 22.7 Å². The third kappa shape index (κ3) is 7.50. The summed E-state index contributed by atoms with van der Waals surface area (Å²) in [5, 5.41) is 8.26. The maximum Gasteiger partial charge on any atom is 0.411 e. The normalized spacial score (nSPS) is 11.7. The van der Waals surface area contributed by atoms with E-state index in [1.165, 1.54) is 0 Å². The highest BCUT2D eigenvalue weighted by atomic mass is 32.1. The van der Waals surface area contributed by atoms with Crippen LogP contribution in [0.1, 0.15) is 64.5 Å². The third-order valence-electron chi connectivity index (χ3n) is 3.93. The SMILES string of the molecule is CCCC[C](CC(C)(C)C)OC(=O)N(Cc1ccsc1)Cc1ccsc1. The van der Waals surface area contributed by atoms with Crippen LogP contribution in [0, 0.1) is 11.5 Å². The van der Waals surface area contributed by atoms with E-state index >= 15 is 0 Å². The number of nitrogens with zero attached hydrogens (tertiary/aromatic N) is 1. The van der Waals surface area contributed by atoms with Crippen LogP contribution in [0.25, 0.3) is 0 Å². The highest BCUT2D eigenvalue weighted by Crippen LogP contribution is 2.31. The minimum atomic E-state index is -0.238. The van der Waals surface area contributed by atoms with E-state index in [2.05, 4.69) is 50.6 Å². The van der Waals surface area contributed by atoms with E-state index in [4.69, 9.17) is 4.74 Å². The molecule has 3 nitrogen and oxygen atoms in total. The molecule has 0 atom stereocenters. The van der Waals surface area contributed by atoms with Gasteiger partial charge in [0.2, 0.25) is 0 Å². The second-order valence-electron chi connectivity index (χ2n) is 7.87. The van der Waals surface area contributed by atoms with Crippen molar-refractivity contribution in [1.82, 2.24) is 4.90 Å². The predicted octanol–water partition coefficient (Wildman–Crippen LogP) is 7.11. The average molecular weight is 393 g/mol. The van der Waals surface area contributed by atoms with Gasteiger partial charge in [0.25, 0.3) is 0 Å². The predicted molar refractivity (Wildman–Crippen MR) is 111 cm³/mol. The molecule has 0 aliphatic heterocycles. The highest BCUT2D eigenvalue weighted by molar-refractivity contribution is 7.08. The first-order chi connectivity index (χ1) is 12.4. The number of carbonyl (C=O) groups excluding carboxylic acids is 1. The van der Waals surface area contributed by atoms with Gasteiger partial charge in [0.15, 0.2) is 6.10 Å². The van der Waals surface area contributed by atoms with Crippen LogP contribution in [0.2, 0.25) is 0 Å². The molecule has 26 heavy (non-hydrogen) atoms. The summed E-state index contributed by atoms with van der Waals surface area (Å²) in [5.41, 5.74) is 2.40. The number of unbranched alkanes of at least 4 members (excludes halogenated alkanes) is 1. The van der Waals surface area contributed by atoms with Gasteiger partial charge in [-0.1, -0.05) is 34.1 Å². The third-order valence-corrected chi connectivity index (χ3v) is 5.40. The van der Waals surface area contributed by atoms with Gasteiger partial charge in [0.1, 0.15) is 0 Å². The molecule has 2 rings (SSSR count). The van der Waals surface area contributed by atoms with Crippen molar-refractivity contribution in [3.8, 4) is 0 Å². The van der Waals surface area contributed by atoms with E-state index in [0.717, 1.165) is 42.9 Å². The summed E-state index contributed by atoms with van der Waals surface area (Å²) < 4.78 is 5.90. The van der Waals surface area contributed by atoms with Crippen LogP contribution < -0.4 is 0 Å². The lowest BCUT2D eigenvalue weighted by atomic mass is 9.87. The quantitative estimate of drug-likeness (QED) is 0.455. The maximum absolute atomic E-state index is 12.9. The molecule has 2 aromatic rings. The van der Waals surface area contributed by atoms with Gasteiger partial charge in [-0.3, -0.25) is 4.90 Å². The number of hydrogen-bond acceptors (Lipinski definition) is 4. The van der Waals surface area contributed by atoms with Crippen molar-refractivity contribution >= 4 is 28.8 Å². The zero-order valence-electron chi connectivity index (χ0n) is 16.3. The summed E-state index contributed by atoms with van der Waals surface area (Å²) >= 11 is 3.30. The van der Waals surface area contributed by atoms with Gasteiger partial charge in [-0.25, -0.2) is 4.79 Å². The molecule has 0 saturated heterocycles. The smallest absolute Gasteiger partial charge is 0.411 e. The second kappa shape index (κ2) is 10.1. The van der Waals surface area contributed by atoms with Gasteiger partial charge < -0.3 is 4.74 Å². The minimum Gasteiger partial charge on any atom is -0.438 e. The summed E-state index contributed by atoms with van der Waals surface area (Å²) in [7, 11) is 0. The van der Waals surface area contributed by atoms with Crippen molar-refractivity contribution < 1.29 is 9.53 Å². The molecular formula is C21H30NO2S2. The maximum atomic E-state index is 12.9. The number of rotatable bonds is 9. The van der Waals surface area contributed by atoms with Crippen LogP contribution >= 0.6 is 22.7 Å². The van der Waals surface area contributed by atoms with Crippen LogP contribution in [0.5, 0.6) is 0 Å². The Bertz CT molecular complexity index is 593. The first-order valence-electron chi connectivity index (χ1n) is 9.21. The summed E-state index contributed by atoms with van der Waals surface area (Å²) in [6.45, 7) is 9.86. The number of carbonyl (C=O) groups is 1. The van der Waals surface area contributed by atoms with Crippen LogP contribution in [0.15, 0.2) is 33.7 Å². The van der Waals surface area contributed by atoms with E-state index in [9.17, 15) is 4.79 Å². The fraction of sp³-hybridized carbons (Fsp3) is 0.524. The molecule has 0 unspecified atom stereocenters. The molecule has 1 radical (unpaired) electrons. The summed E-state index contributed by atoms with van der Waals surface area (Å²) in [4.78, 5) is 14.7. The Morgan fingerprint density at radius 1 is 1.08 bits per heavy atom. The fourth-order valence-electron chi connectivity index (χ4n) is 2.72. The number of thiophene rings is 2. The van der Waals surface area contributed by atoms with Gasteiger partial charge in [0, 0.05) is 0 Å². The molecule has 0 aromatic carbocycles. The summed E-state index contributed by atoms with van der Waals surface area (Å²) in [6, 6.07) is 4.13. The highest BCUT2D eigenvalue weighted by Gasteiger charge is 2.26. The van der Waals surface area contributed by atoms with Gasteiger partial charge in [-0.05, 0) is 69.5 Å². The van der Waals surface area contributed by atoms with Crippen LogP contribution in [-0.2, 0) is 17.8 Å². The molecule has 5 heteroatoms. The Morgan fingerprint density at radius 3 is 2.08 bits per heavy atom. The molecule has 0 N–H and O–H groups in total. The molecule has 0 aliphatic rings. The van der Waals surface area contributed by atoms with Crippen molar-refractivity contribution in [1.29, 1.82) is 0 Å². The molecular weight excluding hydrogens is 362 g/mol. The molecule has 2 aromatic heterocycles. The van der Waals surface area contributed by atoms with Crippen LogP contribution in [0.3, 0.4) is 0 Å². The van der Waals surface area contributed by atoms with Crippen molar-refractivity contribution in [2.45, 2.75) is 66.5 Å². The molecule has 0 aliphatic carbocycles. The first kappa shape index (κ1) is 21.0. The van der Waals surface area contributed by atoms with Crippen LogP contribution in [0.4, 0.5) is 4.79 Å². The molecule has 0 saturated carbocycles. The molecule has 1 amide bonds. The number of amides is 1. The molecule has 0 bridgehead atoms. The Hall–Kier alpha value is -1.33.